The Bertz CT molecular complexity index is 523. The molecule has 1 atom stereocenters. The first-order valence-electron chi connectivity index (χ1n) is 8.11. The molecule has 0 aromatic carbocycles. The van der Waals surface area contributed by atoms with Gasteiger partial charge in [-0.15, -0.1) is 0 Å². The van der Waals surface area contributed by atoms with Crippen LogP contribution < -0.4 is 10.6 Å². The molecule has 0 aliphatic carbocycles. The van der Waals surface area contributed by atoms with Gasteiger partial charge in [0.1, 0.15) is 5.60 Å². The minimum absolute atomic E-state index is 0.266. The molecular formula is C17H30N4O2S. The molecule has 1 aromatic heterocycles. The fraction of sp³-hybridized carbons (Fsp3) is 0.647. The summed E-state index contributed by atoms with van der Waals surface area (Å²) in [7, 11) is 3.51. The van der Waals surface area contributed by atoms with E-state index in [0.29, 0.717) is 6.54 Å². The molecule has 0 spiro atoms. The Balaban J connectivity index is 2.32. The van der Waals surface area contributed by atoms with E-state index in [9.17, 15) is 4.79 Å². The van der Waals surface area contributed by atoms with Gasteiger partial charge in [-0.2, -0.15) is 11.3 Å². The van der Waals surface area contributed by atoms with E-state index in [-0.39, 0.29) is 12.0 Å². The quantitative estimate of drug-likeness (QED) is 0.609. The zero-order chi connectivity index (χ0) is 18.2. The standard InChI is InChI=1S/C17H30N4O2S/c1-13(11-21(6)16(22)23-17(2,3)4)9-19-15(18-5)20-10-14-7-8-24-12-14/h7-8,12-13H,9-11H2,1-6H3,(H2,18,19,20). The van der Waals surface area contributed by atoms with Crippen molar-refractivity contribution >= 4 is 23.4 Å². The Morgan fingerprint density at radius 3 is 2.67 bits per heavy atom. The maximum Gasteiger partial charge on any atom is 0.410 e. The van der Waals surface area contributed by atoms with E-state index in [1.165, 1.54) is 5.56 Å². The summed E-state index contributed by atoms with van der Waals surface area (Å²) in [5, 5.41) is 10.7. The van der Waals surface area contributed by atoms with Gasteiger partial charge in [-0.3, -0.25) is 4.99 Å². The summed E-state index contributed by atoms with van der Waals surface area (Å²) in [6, 6.07) is 2.09. The summed E-state index contributed by atoms with van der Waals surface area (Å²) >= 11 is 1.68. The lowest BCUT2D eigenvalue weighted by Gasteiger charge is -2.26. The molecule has 1 heterocycles. The molecule has 0 saturated heterocycles. The van der Waals surface area contributed by atoms with E-state index >= 15 is 0 Å². The largest absolute Gasteiger partial charge is 0.444 e. The van der Waals surface area contributed by atoms with Gasteiger partial charge in [-0.25, -0.2) is 4.79 Å². The Hall–Kier alpha value is -1.76. The van der Waals surface area contributed by atoms with Crippen molar-refractivity contribution in [1.29, 1.82) is 0 Å². The van der Waals surface area contributed by atoms with E-state index in [1.54, 1.807) is 30.3 Å². The highest BCUT2D eigenvalue weighted by Crippen LogP contribution is 2.10. The highest BCUT2D eigenvalue weighted by atomic mass is 32.1. The lowest BCUT2D eigenvalue weighted by molar-refractivity contribution is 0.0278. The van der Waals surface area contributed by atoms with Crippen LogP contribution in [0, 0.1) is 5.92 Å². The van der Waals surface area contributed by atoms with Gasteiger partial charge >= 0.3 is 6.09 Å². The van der Waals surface area contributed by atoms with E-state index in [1.807, 2.05) is 20.8 Å². The van der Waals surface area contributed by atoms with E-state index in [0.717, 1.165) is 19.0 Å². The summed E-state index contributed by atoms with van der Waals surface area (Å²) in [5.41, 5.74) is 0.765. The van der Waals surface area contributed by atoms with Crippen molar-refractivity contribution in [3.05, 3.63) is 22.4 Å². The van der Waals surface area contributed by atoms with Crippen LogP contribution in [0.5, 0.6) is 0 Å². The van der Waals surface area contributed by atoms with Crippen molar-refractivity contribution in [3.63, 3.8) is 0 Å². The monoisotopic (exact) mass is 354 g/mol. The fourth-order valence-corrected chi connectivity index (χ4v) is 2.69. The molecule has 7 heteroatoms. The van der Waals surface area contributed by atoms with Crippen LogP contribution in [0.15, 0.2) is 21.8 Å². The molecule has 0 fully saturated rings. The third kappa shape index (κ3) is 8.19. The maximum atomic E-state index is 12.0. The number of thiophene rings is 1. The van der Waals surface area contributed by atoms with Gasteiger partial charge in [-0.05, 0) is 49.1 Å². The predicted octanol–water partition coefficient (Wildman–Crippen LogP) is 2.92. The number of rotatable bonds is 6. The van der Waals surface area contributed by atoms with Gasteiger partial charge < -0.3 is 20.3 Å². The van der Waals surface area contributed by atoms with Crippen LogP contribution in [-0.4, -0.2) is 49.7 Å². The van der Waals surface area contributed by atoms with Gasteiger partial charge in [-0.1, -0.05) is 6.92 Å². The van der Waals surface area contributed by atoms with Crippen molar-refractivity contribution in [2.75, 3.05) is 27.2 Å². The second kappa shape index (κ2) is 9.52. The number of carbonyl (C=O) groups is 1. The smallest absolute Gasteiger partial charge is 0.410 e. The van der Waals surface area contributed by atoms with Crippen LogP contribution in [0.2, 0.25) is 0 Å². The second-order valence-corrected chi connectivity index (χ2v) is 7.68. The van der Waals surface area contributed by atoms with Crippen LogP contribution in [-0.2, 0) is 11.3 Å². The minimum atomic E-state index is -0.472. The zero-order valence-corrected chi connectivity index (χ0v) is 16.4. The molecule has 2 N–H and O–H groups in total. The molecule has 136 valence electrons. The molecule has 0 aliphatic heterocycles. The number of hydrogen-bond donors (Lipinski definition) is 2. The van der Waals surface area contributed by atoms with E-state index in [4.69, 9.17) is 4.74 Å². The van der Waals surface area contributed by atoms with Crippen LogP contribution in [0.25, 0.3) is 0 Å². The Kier molecular flexibility index (Phi) is 8.04. The third-order valence-electron chi connectivity index (χ3n) is 3.17. The minimum Gasteiger partial charge on any atom is -0.444 e. The Labute approximate surface area is 149 Å². The molecule has 0 aliphatic rings. The first kappa shape index (κ1) is 20.3. The number of guanidine groups is 1. The van der Waals surface area contributed by atoms with Gasteiger partial charge in [0, 0.05) is 33.7 Å². The maximum absolute atomic E-state index is 12.0. The fourth-order valence-electron chi connectivity index (χ4n) is 2.02. The lowest BCUT2D eigenvalue weighted by atomic mass is 10.1. The van der Waals surface area contributed by atoms with Crippen LogP contribution in [0.1, 0.15) is 33.3 Å². The predicted molar refractivity (Wildman–Crippen MR) is 101 cm³/mol. The van der Waals surface area contributed by atoms with Gasteiger partial charge in [0.2, 0.25) is 0 Å². The molecule has 1 unspecified atom stereocenters. The number of ether oxygens (including phenoxy) is 1. The van der Waals surface area contributed by atoms with Crippen molar-refractivity contribution in [2.45, 2.75) is 39.8 Å². The van der Waals surface area contributed by atoms with Crippen molar-refractivity contribution in [1.82, 2.24) is 15.5 Å². The molecule has 0 bridgehead atoms. The number of nitrogens with zero attached hydrogens (tertiary/aromatic N) is 2. The topological polar surface area (TPSA) is 66.0 Å². The lowest BCUT2D eigenvalue weighted by Crippen LogP contribution is -2.42. The summed E-state index contributed by atoms with van der Waals surface area (Å²) in [4.78, 5) is 17.8. The molecular weight excluding hydrogens is 324 g/mol. The molecule has 6 nitrogen and oxygen atoms in total. The molecule has 1 amide bonds. The van der Waals surface area contributed by atoms with Crippen molar-refractivity contribution in [3.8, 4) is 0 Å². The summed E-state index contributed by atoms with van der Waals surface area (Å²) in [6.07, 6.45) is -0.297. The average Bonchev–Trinajstić information content (AvgIpc) is 2.98. The van der Waals surface area contributed by atoms with Crippen LogP contribution in [0.3, 0.4) is 0 Å². The van der Waals surface area contributed by atoms with E-state index in [2.05, 4.69) is 39.4 Å². The second-order valence-electron chi connectivity index (χ2n) is 6.90. The number of hydrogen-bond acceptors (Lipinski definition) is 4. The van der Waals surface area contributed by atoms with E-state index < -0.39 is 5.60 Å². The molecule has 1 rings (SSSR count). The first-order valence-corrected chi connectivity index (χ1v) is 9.05. The zero-order valence-electron chi connectivity index (χ0n) is 15.5. The SMILES string of the molecule is CN=C(NCc1ccsc1)NCC(C)CN(C)C(=O)OC(C)(C)C. The summed E-state index contributed by atoms with van der Waals surface area (Å²) in [5.74, 6) is 1.02. The highest BCUT2D eigenvalue weighted by Gasteiger charge is 2.20. The molecule has 0 radical (unpaired) electrons. The summed E-state index contributed by atoms with van der Waals surface area (Å²) < 4.78 is 5.36. The third-order valence-corrected chi connectivity index (χ3v) is 3.90. The molecule has 24 heavy (non-hydrogen) atoms. The normalized spacial score (nSPS) is 13.3. The highest BCUT2D eigenvalue weighted by molar-refractivity contribution is 7.07. The molecule has 1 aromatic rings. The van der Waals surface area contributed by atoms with Crippen LogP contribution >= 0.6 is 11.3 Å². The Morgan fingerprint density at radius 1 is 1.42 bits per heavy atom. The number of carbonyl (C=O) groups excluding carboxylic acids is 1. The van der Waals surface area contributed by atoms with Crippen molar-refractivity contribution in [2.24, 2.45) is 10.9 Å². The van der Waals surface area contributed by atoms with Gasteiger partial charge in [0.25, 0.3) is 0 Å². The van der Waals surface area contributed by atoms with Gasteiger partial charge in [0.05, 0.1) is 0 Å². The number of amides is 1. The van der Waals surface area contributed by atoms with Gasteiger partial charge in [0.15, 0.2) is 5.96 Å². The molecule has 0 saturated carbocycles. The Morgan fingerprint density at radius 2 is 2.12 bits per heavy atom. The number of nitrogens with one attached hydrogen (secondary N) is 2. The summed E-state index contributed by atoms with van der Waals surface area (Å²) in [6.45, 7) is 9.77. The van der Waals surface area contributed by atoms with Crippen LogP contribution in [0.4, 0.5) is 4.79 Å². The first-order chi connectivity index (χ1) is 11.2. The van der Waals surface area contributed by atoms with Crippen molar-refractivity contribution < 1.29 is 9.53 Å². The average molecular weight is 355 g/mol. The number of aliphatic imine (C=N–C) groups is 1.